The van der Waals surface area contributed by atoms with Gasteiger partial charge in [-0.3, -0.25) is 9.78 Å². The van der Waals surface area contributed by atoms with Gasteiger partial charge in [0.1, 0.15) is 11.3 Å². The Morgan fingerprint density at radius 1 is 1.00 bits per heavy atom. The van der Waals surface area contributed by atoms with Gasteiger partial charge in [-0.1, -0.05) is 0 Å². The second-order valence-corrected chi connectivity index (χ2v) is 5.92. The first-order chi connectivity index (χ1) is 12.3. The van der Waals surface area contributed by atoms with Crippen molar-refractivity contribution < 1.29 is 9.53 Å². The van der Waals surface area contributed by atoms with Crippen LogP contribution in [0.25, 0.3) is 11.2 Å². The molecule has 0 radical (unpaired) electrons. The van der Waals surface area contributed by atoms with E-state index in [9.17, 15) is 4.79 Å². The summed E-state index contributed by atoms with van der Waals surface area (Å²) in [5, 5.41) is 6.51. The number of anilines is 1. The first-order valence-electron chi connectivity index (χ1n) is 7.47. The summed E-state index contributed by atoms with van der Waals surface area (Å²) in [6, 6.07) is 12.4. The van der Waals surface area contributed by atoms with E-state index in [2.05, 4.69) is 20.3 Å². The predicted octanol–water partition coefficient (Wildman–Crippen LogP) is 4.13. The predicted molar refractivity (Wildman–Crippen MR) is 96.1 cm³/mol. The van der Waals surface area contributed by atoms with Crippen LogP contribution in [-0.4, -0.2) is 20.9 Å². The van der Waals surface area contributed by atoms with Crippen LogP contribution >= 0.6 is 11.3 Å². The summed E-state index contributed by atoms with van der Waals surface area (Å²) in [5.41, 5.74) is 2.58. The van der Waals surface area contributed by atoms with Crippen molar-refractivity contribution in [1.29, 1.82) is 0 Å². The number of hydrogen-bond donors (Lipinski definition) is 1. The maximum Gasteiger partial charge on any atom is 0.256 e. The fourth-order valence-corrected chi connectivity index (χ4v) is 2.85. The number of nitrogens with one attached hydrogen (secondary N) is 1. The Morgan fingerprint density at radius 2 is 1.84 bits per heavy atom. The first kappa shape index (κ1) is 15.2. The van der Waals surface area contributed by atoms with Gasteiger partial charge < -0.3 is 10.1 Å². The van der Waals surface area contributed by atoms with Crippen LogP contribution in [0.15, 0.2) is 65.6 Å². The number of benzene rings is 1. The zero-order chi connectivity index (χ0) is 17.1. The molecular formula is C18H12N4O2S. The number of amides is 1. The number of nitrogens with zero attached hydrogens (tertiary/aromatic N) is 3. The summed E-state index contributed by atoms with van der Waals surface area (Å²) in [7, 11) is 0. The molecule has 122 valence electrons. The average Bonchev–Trinajstić information content (AvgIpc) is 3.18. The van der Waals surface area contributed by atoms with Crippen molar-refractivity contribution in [2.24, 2.45) is 0 Å². The summed E-state index contributed by atoms with van der Waals surface area (Å²) < 4.78 is 5.73. The van der Waals surface area contributed by atoms with Crippen molar-refractivity contribution in [1.82, 2.24) is 15.0 Å². The summed E-state index contributed by atoms with van der Waals surface area (Å²) >= 11 is 1.49. The topological polar surface area (TPSA) is 77.0 Å². The minimum atomic E-state index is -0.135. The number of fused-ring (bicyclic) bond motifs is 1. The molecule has 0 bridgehead atoms. The molecule has 3 aromatic heterocycles. The maximum absolute atomic E-state index is 12.0. The van der Waals surface area contributed by atoms with Crippen molar-refractivity contribution in [2.75, 3.05) is 5.32 Å². The molecule has 25 heavy (non-hydrogen) atoms. The lowest BCUT2D eigenvalue weighted by atomic mass is 10.2. The lowest BCUT2D eigenvalue weighted by molar-refractivity contribution is 0.102. The van der Waals surface area contributed by atoms with E-state index in [1.807, 2.05) is 5.38 Å². The molecule has 0 saturated carbocycles. The van der Waals surface area contributed by atoms with Crippen molar-refractivity contribution in [3.8, 4) is 11.6 Å². The molecule has 1 N–H and O–H groups in total. The molecule has 6 nitrogen and oxygen atoms in total. The van der Waals surface area contributed by atoms with Crippen molar-refractivity contribution in [2.45, 2.75) is 0 Å². The van der Waals surface area contributed by atoms with Crippen LogP contribution < -0.4 is 10.1 Å². The molecule has 0 aliphatic rings. The highest BCUT2D eigenvalue weighted by molar-refractivity contribution is 7.08. The SMILES string of the molecule is O=C(Nc1ccc(Oc2ccc3nccnc3n2)cc1)c1ccsc1. The Kier molecular flexibility index (Phi) is 4.05. The van der Waals surface area contributed by atoms with E-state index in [-0.39, 0.29) is 5.91 Å². The molecule has 0 spiro atoms. The van der Waals surface area contributed by atoms with E-state index in [4.69, 9.17) is 4.74 Å². The lowest BCUT2D eigenvalue weighted by Crippen LogP contribution is -2.10. The van der Waals surface area contributed by atoms with Crippen molar-refractivity contribution in [3.63, 3.8) is 0 Å². The van der Waals surface area contributed by atoms with Crippen LogP contribution in [0.5, 0.6) is 11.6 Å². The van der Waals surface area contributed by atoms with E-state index in [1.54, 1.807) is 60.2 Å². The number of pyridine rings is 1. The Hall–Kier alpha value is -3.32. The number of hydrogen-bond acceptors (Lipinski definition) is 6. The molecule has 4 rings (SSSR count). The van der Waals surface area contributed by atoms with Gasteiger partial charge in [0, 0.05) is 29.5 Å². The summed E-state index contributed by atoms with van der Waals surface area (Å²) in [4.78, 5) is 24.7. The molecule has 3 heterocycles. The highest BCUT2D eigenvalue weighted by Crippen LogP contribution is 2.23. The highest BCUT2D eigenvalue weighted by atomic mass is 32.1. The lowest BCUT2D eigenvalue weighted by Gasteiger charge is -2.07. The Labute approximate surface area is 147 Å². The molecular weight excluding hydrogens is 336 g/mol. The molecule has 4 aromatic rings. The molecule has 0 fully saturated rings. The highest BCUT2D eigenvalue weighted by Gasteiger charge is 2.07. The summed E-state index contributed by atoms with van der Waals surface area (Å²) in [5.74, 6) is 0.914. The Balaban J connectivity index is 1.47. The third kappa shape index (κ3) is 3.46. The van der Waals surface area contributed by atoms with Crippen LogP contribution in [0.4, 0.5) is 5.69 Å². The first-order valence-corrected chi connectivity index (χ1v) is 8.41. The van der Waals surface area contributed by atoms with Crippen LogP contribution in [0, 0.1) is 0 Å². The average molecular weight is 348 g/mol. The zero-order valence-electron chi connectivity index (χ0n) is 12.9. The zero-order valence-corrected chi connectivity index (χ0v) is 13.7. The number of thiophene rings is 1. The van der Waals surface area contributed by atoms with Gasteiger partial charge in [0.2, 0.25) is 5.88 Å². The molecule has 7 heteroatoms. The standard InChI is InChI=1S/C18H12N4O2S/c23-18(12-7-10-25-11-12)21-13-1-3-14(4-2-13)24-16-6-5-15-17(22-16)20-9-8-19-15/h1-11H,(H,21,23). The van der Waals surface area contributed by atoms with Gasteiger partial charge >= 0.3 is 0 Å². The molecule has 0 saturated heterocycles. The molecule has 0 aliphatic carbocycles. The van der Waals surface area contributed by atoms with Crippen LogP contribution in [-0.2, 0) is 0 Å². The monoisotopic (exact) mass is 348 g/mol. The van der Waals surface area contributed by atoms with E-state index >= 15 is 0 Å². The summed E-state index contributed by atoms with van der Waals surface area (Å²) in [6.45, 7) is 0. The minimum absolute atomic E-state index is 0.135. The van der Waals surface area contributed by atoms with Crippen molar-refractivity contribution >= 4 is 34.1 Å². The molecule has 0 atom stereocenters. The third-order valence-electron chi connectivity index (χ3n) is 3.42. The van der Waals surface area contributed by atoms with Crippen LogP contribution in [0.1, 0.15) is 10.4 Å². The second-order valence-electron chi connectivity index (χ2n) is 5.14. The van der Waals surface area contributed by atoms with Crippen molar-refractivity contribution in [3.05, 3.63) is 71.2 Å². The maximum atomic E-state index is 12.0. The van der Waals surface area contributed by atoms with E-state index in [0.717, 1.165) is 0 Å². The van der Waals surface area contributed by atoms with Crippen LogP contribution in [0.2, 0.25) is 0 Å². The quantitative estimate of drug-likeness (QED) is 0.600. The third-order valence-corrected chi connectivity index (χ3v) is 4.11. The van der Waals surface area contributed by atoms with Gasteiger partial charge in [0.05, 0.1) is 5.56 Å². The Bertz CT molecular complexity index is 1020. The normalized spacial score (nSPS) is 10.6. The van der Waals surface area contributed by atoms with Gasteiger partial charge in [-0.25, -0.2) is 4.98 Å². The van der Waals surface area contributed by atoms with E-state index in [1.165, 1.54) is 11.3 Å². The van der Waals surface area contributed by atoms with Gasteiger partial charge in [0.15, 0.2) is 5.65 Å². The number of carbonyl (C=O) groups excluding carboxylic acids is 1. The smallest absolute Gasteiger partial charge is 0.256 e. The minimum Gasteiger partial charge on any atom is -0.439 e. The molecule has 1 amide bonds. The van der Waals surface area contributed by atoms with Crippen LogP contribution in [0.3, 0.4) is 0 Å². The fourth-order valence-electron chi connectivity index (χ4n) is 2.22. The fraction of sp³-hybridized carbons (Fsp3) is 0. The number of carbonyl (C=O) groups is 1. The van der Waals surface area contributed by atoms with E-state index < -0.39 is 0 Å². The number of ether oxygens (including phenoxy) is 1. The van der Waals surface area contributed by atoms with Gasteiger partial charge in [-0.15, -0.1) is 0 Å². The number of rotatable bonds is 4. The molecule has 1 aromatic carbocycles. The number of aromatic nitrogens is 3. The summed E-state index contributed by atoms with van der Waals surface area (Å²) in [6.07, 6.45) is 3.21. The van der Waals surface area contributed by atoms with Gasteiger partial charge in [0.25, 0.3) is 5.91 Å². The molecule has 0 aliphatic heterocycles. The largest absolute Gasteiger partial charge is 0.439 e. The van der Waals surface area contributed by atoms with Gasteiger partial charge in [-0.2, -0.15) is 16.3 Å². The van der Waals surface area contributed by atoms with Gasteiger partial charge in [-0.05, 0) is 41.8 Å². The molecule has 0 unspecified atom stereocenters. The Morgan fingerprint density at radius 3 is 2.64 bits per heavy atom. The van der Waals surface area contributed by atoms with E-state index in [0.29, 0.717) is 34.0 Å². The second kappa shape index (κ2) is 6.66.